The highest BCUT2D eigenvalue weighted by Gasteiger charge is 2.21. The summed E-state index contributed by atoms with van der Waals surface area (Å²) < 4.78 is 32.0. The van der Waals surface area contributed by atoms with Gasteiger partial charge in [0.15, 0.2) is 0 Å². The van der Waals surface area contributed by atoms with E-state index in [4.69, 9.17) is 4.74 Å². The van der Waals surface area contributed by atoms with Gasteiger partial charge < -0.3 is 10.1 Å². The van der Waals surface area contributed by atoms with Crippen LogP contribution in [0.2, 0.25) is 0 Å². The van der Waals surface area contributed by atoms with Crippen LogP contribution in [0, 0.1) is 6.92 Å². The fourth-order valence-corrected chi connectivity index (χ4v) is 3.36. The predicted octanol–water partition coefficient (Wildman–Crippen LogP) is 1.99. The molecule has 0 aliphatic carbocycles. The van der Waals surface area contributed by atoms with E-state index >= 15 is 0 Å². The summed E-state index contributed by atoms with van der Waals surface area (Å²) in [5, 5.41) is 2.72. The number of amides is 1. The maximum atomic E-state index is 12.3. The van der Waals surface area contributed by atoms with Crippen LogP contribution in [0.15, 0.2) is 53.4 Å². The molecule has 0 radical (unpaired) electrons. The molecule has 2 rings (SSSR count). The Balaban J connectivity index is 1.95. The van der Waals surface area contributed by atoms with Gasteiger partial charge in [-0.3, -0.25) is 4.79 Å². The molecule has 0 spiro atoms. The second kappa shape index (κ2) is 8.13. The van der Waals surface area contributed by atoms with Crippen molar-refractivity contribution < 1.29 is 17.9 Å². The lowest BCUT2D eigenvalue weighted by atomic mass is 10.1. The lowest BCUT2D eigenvalue weighted by Gasteiger charge is -2.15. The summed E-state index contributed by atoms with van der Waals surface area (Å²) in [6.45, 7) is 3.83. The molecule has 2 N–H and O–H groups in total. The fourth-order valence-electron chi connectivity index (χ4n) is 2.16. The lowest BCUT2D eigenvalue weighted by molar-refractivity contribution is -0.122. The Hall–Kier alpha value is -2.38. The van der Waals surface area contributed by atoms with Crippen molar-refractivity contribution in [3.05, 3.63) is 59.7 Å². The molecule has 0 heterocycles. The van der Waals surface area contributed by atoms with E-state index in [1.165, 1.54) is 26.2 Å². The third-order valence-corrected chi connectivity index (χ3v) is 5.24. The van der Waals surface area contributed by atoms with Gasteiger partial charge in [-0.25, -0.2) is 8.42 Å². The molecule has 1 unspecified atom stereocenters. The first-order chi connectivity index (χ1) is 11.8. The molecule has 0 aromatic heterocycles. The maximum Gasteiger partial charge on any atom is 0.241 e. The molecule has 0 bridgehead atoms. The van der Waals surface area contributed by atoms with Crippen LogP contribution in [0.5, 0.6) is 5.75 Å². The topological polar surface area (TPSA) is 84.5 Å². The SMILES string of the molecule is COc1ccc(S(=O)(=O)NC(C)C(=O)NCc2ccc(C)cc2)cc1. The summed E-state index contributed by atoms with van der Waals surface area (Å²) in [6, 6.07) is 12.8. The molecule has 0 saturated heterocycles. The summed E-state index contributed by atoms with van der Waals surface area (Å²) in [6.07, 6.45) is 0. The molecule has 134 valence electrons. The second-order valence-corrected chi connectivity index (χ2v) is 7.44. The lowest BCUT2D eigenvalue weighted by Crippen LogP contribution is -2.44. The molecule has 6 nitrogen and oxygen atoms in total. The molecule has 0 aliphatic rings. The first-order valence-corrected chi connectivity index (χ1v) is 9.30. The summed E-state index contributed by atoms with van der Waals surface area (Å²) in [4.78, 5) is 12.2. The number of ether oxygens (including phenoxy) is 1. The van der Waals surface area contributed by atoms with Gasteiger partial charge in [0.25, 0.3) is 0 Å². The molecule has 1 amide bonds. The van der Waals surface area contributed by atoms with Crippen molar-refractivity contribution in [3.8, 4) is 5.75 Å². The number of carbonyl (C=O) groups excluding carboxylic acids is 1. The van der Waals surface area contributed by atoms with E-state index in [9.17, 15) is 13.2 Å². The highest BCUT2D eigenvalue weighted by molar-refractivity contribution is 7.89. The van der Waals surface area contributed by atoms with Crippen molar-refractivity contribution in [2.45, 2.75) is 31.3 Å². The van der Waals surface area contributed by atoms with Crippen LogP contribution >= 0.6 is 0 Å². The zero-order chi connectivity index (χ0) is 18.4. The molecular weight excluding hydrogens is 340 g/mol. The van der Waals surface area contributed by atoms with E-state index in [0.29, 0.717) is 12.3 Å². The van der Waals surface area contributed by atoms with Crippen molar-refractivity contribution >= 4 is 15.9 Å². The van der Waals surface area contributed by atoms with Crippen molar-refractivity contribution in [2.24, 2.45) is 0 Å². The van der Waals surface area contributed by atoms with Gasteiger partial charge in [-0.15, -0.1) is 0 Å². The Morgan fingerprint density at radius 3 is 2.24 bits per heavy atom. The van der Waals surface area contributed by atoms with Crippen LogP contribution in [0.25, 0.3) is 0 Å². The smallest absolute Gasteiger partial charge is 0.241 e. The molecule has 2 aromatic rings. The minimum absolute atomic E-state index is 0.0754. The Morgan fingerprint density at radius 1 is 1.08 bits per heavy atom. The highest BCUT2D eigenvalue weighted by Crippen LogP contribution is 2.15. The largest absolute Gasteiger partial charge is 0.497 e. The molecule has 25 heavy (non-hydrogen) atoms. The molecule has 2 aromatic carbocycles. The van der Waals surface area contributed by atoms with Gasteiger partial charge in [0.05, 0.1) is 18.0 Å². The van der Waals surface area contributed by atoms with Crippen LogP contribution < -0.4 is 14.8 Å². The number of hydrogen-bond donors (Lipinski definition) is 2. The normalized spacial score (nSPS) is 12.4. The van der Waals surface area contributed by atoms with Crippen LogP contribution in [0.3, 0.4) is 0 Å². The Bertz CT molecular complexity index is 815. The number of hydrogen-bond acceptors (Lipinski definition) is 4. The molecule has 7 heteroatoms. The number of nitrogens with one attached hydrogen (secondary N) is 2. The van der Waals surface area contributed by atoms with Crippen molar-refractivity contribution in [1.82, 2.24) is 10.0 Å². The average molecular weight is 362 g/mol. The van der Waals surface area contributed by atoms with Crippen LogP contribution in [0.4, 0.5) is 0 Å². The van der Waals surface area contributed by atoms with Gasteiger partial charge in [0.1, 0.15) is 5.75 Å². The van der Waals surface area contributed by atoms with E-state index in [0.717, 1.165) is 11.1 Å². The quantitative estimate of drug-likeness (QED) is 0.789. The van der Waals surface area contributed by atoms with Gasteiger partial charge in [-0.1, -0.05) is 29.8 Å². The van der Waals surface area contributed by atoms with Crippen molar-refractivity contribution in [2.75, 3.05) is 7.11 Å². The van der Waals surface area contributed by atoms with E-state index < -0.39 is 22.0 Å². The molecule has 0 aliphatic heterocycles. The number of rotatable bonds is 7. The first kappa shape index (κ1) is 19.0. The summed E-state index contributed by atoms with van der Waals surface area (Å²) >= 11 is 0. The monoisotopic (exact) mass is 362 g/mol. The number of sulfonamides is 1. The second-order valence-electron chi connectivity index (χ2n) is 5.72. The van der Waals surface area contributed by atoms with Crippen molar-refractivity contribution in [3.63, 3.8) is 0 Å². The van der Waals surface area contributed by atoms with Crippen LogP contribution in [-0.2, 0) is 21.4 Å². The maximum absolute atomic E-state index is 12.3. The fraction of sp³-hybridized carbons (Fsp3) is 0.278. The highest BCUT2D eigenvalue weighted by atomic mass is 32.2. The molecule has 1 atom stereocenters. The van der Waals surface area contributed by atoms with Gasteiger partial charge in [-0.2, -0.15) is 4.72 Å². The summed E-state index contributed by atoms with van der Waals surface area (Å²) in [5.41, 5.74) is 2.08. The van der Waals surface area contributed by atoms with Gasteiger partial charge in [0.2, 0.25) is 15.9 Å². The van der Waals surface area contributed by atoms with Gasteiger partial charge >= 0.3 is 0 Å². The minimum Gasteiger partial charge on any atom is -0.497 e. The zero-order valence-corrected chi connectivity index (χ0v) is 15.3. The Morgan fingerprint density at radius 2 is 1.68 bits per heavy atom. The number of benzene rings is 2. The Kier molecular flexibility index (Phi) is 6.17. The van der Waals surface area contributed by atoms with Gasteiger partial charge in [0, 0.05) is 6.54 Å². The summed E-state index contributed by atoms with van der Waals surface area (Å²) in [5.74, 6) is 0.167. The van der Waals surface area contributed by atoms with Crippen LogP contribution in [-0.4, -0.2) is 27.5 Å². The number of aryl methyl sites for hydroxylation is 1. The zero-order valence-electron chi connectivity index (χ0n) is 14.4. The van der Waals surface area contributed by atoms with E-state index in [1.54, 1.807) is 12.1 Å². The Labute approximate surface area is 148 Å². The van der Waals surface area contributed by atoms with E-state index in [-0.39, 0.29) is 4.90 Å². The standard InChI is InChI=1S/C18H22N2O4S/c1-13-4-6-15(7-5-13)12-19-18(21)14(2)20-25(22,23)17-10-8-16(24-3)9-11-17/h4-11,14,20H,12H2,1-3H3,(H,19,21). The third-order valence-electron chi connectivity index (χ3n) is 3.68. The molecule has 0 saturated carbocycles. The summed E-state index contributed by atoms with van der Waals surface area (Å²) in [7, 11) is -2.28. The van der Waals surface area contributed by atoms with Gasteiger partial charge in [-0.05, 0) is 43.7 Å². The predicted molar refractivity (Wildman–Crippen MR) is 95.8 cm³/mol. The van der Waals surface area contributed by atoms with E-state index in [1.807, 2.05) is 31.2 Å². The molecule has 0 fully saturated rings. The minimum atomic E-state index is -3.78. The molecular formula is C18H22N2O4S. The van der Waals surface area contributed by atoms with Crippen molar-refractivity contribution in [1.29, 1.82) is 0 Å². The van der Waals surface area contributed by atoms with E-state index in [2.05, 4.69) is 10.0 Å². The first-order valence-electron chi connectivity index (χ1n) is 7.81. The average Bonchev–Trinajstić information content (AvgIpc) is 2.60. The number of methoxy groups -OCH3 is 1. The van der Waals surface area contributed by atoms with Crippen LogP contribution in [0.1, 0.15) is 18.1 Å². The third kappa shape index (κ3) is 5.30. The number of carbonyl (C=O) groups is 1.